The van der Waals surface area contributed by atoms with Crippen LogP contribution in [-0.4, -0.2) is 17.6 Å². The second-order valence-electron chi connectivity index (χ2n) is 4.33. The van der Waals surface area contributed by atoms with Crippen molar-refractivity contribution in [1.82, 2.24) is 0 Å². The second kappa shape index (κ2) is 7.04. The van der Waals surface area contributed by atoms with Gasteiger partial charge in [-0.3, -0.25) is 9.59 Å². The van der Waals surface area contributed by atoms with Crippen molar-refractivity contribution in [1.29, 1.82) is 0 Å². The molecule has 0 aromatic heterocycles. The highest BCUT2D eigenvalue weighted by atomic mass is 32.2. The smallest absolute Gasteiger partial charge is 0.256 e. The molecule has 114 valence electrons. The molecule has 0 unspecified atom stereocenters. The molecule has 0 bridgehead atoms. The van der Waals surface area contributed by atoms with Gasteiger partial charge in [-0.15, -0.1) is 11.8 Å². The molecule has 7 heteroatoms. The molecule has 2 aromatic carbocycles. The number of halogens is 2. The average Bonchev–Trinajstić information content (AvgIpc) is 2.48. The minimum absolute atomic E-state index is 0.0230. The van der Waals surface area contributed by atoms with E-state index in [9.17, 15) is 18.4 Å². The van der Waals surface area contributed by atoms with E-state index in [1.165, 1.54) is 0 Å². The number of nitrogens with two attached hydrogens (primary N) is 1. The van der Waals surface area contributed by atoms with Gasteiger partial charge in [0.25, 0.3) is 5.91 Å². The Kier molecular flexibility index (Phi) is 5.11. The van der Waals surface area contributed by atoms with Crippen molar-refractivity contribution in [2.75, 3.05) is 11.1 Å². The summed E-state index contributed by atoms with van der Waals surface area (Å²) in [7, 11) is 0. The van der Waals surface area contributed by atoms with Crippen LogP contribution >= 0.6 is 11.8 Å². The fourth-order valence-electron chi connectivity index (χ4n) is 1.71. The molecule has 3 N–H and O–H groups in total. The summed E-state index contributed by atoms with van der Waals surface area (Å²) >= 11 is 1.11. The number of primary amides is 1. The van der Waals surface area contributed by atoms with Gasteiger partial charge in [-0.1, -0.05) is 12.1 Å². The van der Waals surface area contributed by atoms with Crippen LogP contribution in [0.4, 0.5) is 14.5 Å². The Bertz CT molecular complexity index is 722. The van der Waals surface area contributed by atoms with Gasteiger partial charge in [-0.25, -0.2) is 8.78 Å². The highest BCUT2D eigenvalue weighted by Gasteiger charge is 2.14. The van der Waals surface area contributed by atoms with Gasteiger partial charge in [0.15, 0.2) is 0 Å². The second-order valence-corrected chi connectivity index (χ2v) is 5.35. The third-order valence-electron chi connectivity index (χ3n) is 2.68. The first-order chi connectivity index (χ1) is 10.5. The molecule has 0 fully saturated rings. The van der Waals surface area contributed by atoms with E-state index >= 15 is 0 Å². The predicted molar refractivity (Wildman–Crippen MR) is 80.7 cm³/mol. The normalized spacial score (nSPS) is 10.3. The number of anilines is 1. The predicted octanol–water partition coefficient (Wildman–Crippen LogP) is 2.79. The maximum absolute atomic E-state index is 13.6. The molecule has 0 radical (unpaired) electrons. The fourth-order valence-corrected chi connectivity index (χ4v) is 2.50. The lowest BCUT2D eigenvalue weighted by molar-refractivity contribution is -0.115. The van der Waals surface area contributed by atoms with E-state index in [0.29, 0.717) is 11.0 Å². The molecule has 0 spiro atoms. The lowest BCUT2D eigenvalue weighted by Gasteiger charge is -2.10. The van der Waals surface area contributed by atoms with Crippen LogP contribution < -0.4 is 11.1 Å². The minimum atomic E-state index is -0.865. The molecule has 0 saturated heterocycles. The Hall–Kier alpha value is -2.41. The third kappa shape index (κ3) is 4.05. The van der Waals surface area contributed by atoms with E-state index in [1.807, 2.05) is 0 Å². The summed E-state index contributed by atoms with van der Waals surface area (Å²) < 4.78 is 26.4. The summed E-state index contributed by atoms with van der Waals surface area (Å²) in [5.74, 6) is -2.64. The van der Waals surface area contributed by atoms with Crippen molar-refractivity contribution in [3.63, 3.8) is 0 Å². The summed E-state index contributed by atoms with van der Waals surface area (Å²) in [6, 6.07) is 9.42. The lowest BCUT2D eigenvalue weighted by Crippen LogP contribution is -2.16. The number of carbonyl (C=O) groups is 2. The minimum Gasteiger partial charge on any atom is -0.369 e. The number of rotatable bonds is 5. The van der Waals surface area contributed by atoms with Crippen molar-refractivity contribution < 1.29 is 18.4 Å². The van der Waals surface area contributed by atoms with Gasteiger partial charge >= 0.3 is 0 Å². The van der Waals surface area contributed by atoms with Crippen molar-refractivity contribution in [2.24, 2.45) is 5.73 Å². The molecule has 0 heterocycles. The Labute approximate surface area is 129 Å². The Balaban J connectivity index is 2.20. The Morgan fingerprint density at radius 2 is 1.86 bits per heavy atom. The largest absolute Gasteiger partial charge is 0.369 e. The quantitative estimate of drug-likeness (QED) is 0.832. The molecular formula is C15H12F2N2O2S. The molecule has 4 nitrogen and oxygen atoms in total. The average molecular weight is 322 g/mol. The van der Waals surface area contributed by atoms with Gasteiger partial charge in [-0.2, -0.15) is 0 Å². The van der Waals surface area contributed by atoms with Gasteiger partial charge in [0.1, 0.15) is 11.6 Å². The zero-order valence-electron chi connectivity index (χ0n) is 11.3. The number of amides is 2. The van der Waals surface area contributed by atoms with Crippen LogP contribution in [0.25, 0.3) is 0 Å². The summed E-state index contributed by atoms with van der Waals surface area (Å²) in [6.07, 6.45) is 0. The fraction of sp³-hybridized carbons (Fsp3) is 0.0667. The van der Waals surface area contributed by atoms with Gasteiger partial charge in [-0.05, 0) is 24.3 Å². The van der Waals surface area contributed by atoms with E-state index in [2.05, 4.69) is 5.32 Å². The third-order valence-corrected chi connectivity index (χ3v) is 3.78. The zero-order valence-corrected chi connectivity index (χ0v) is 12.1. The number of benzene rings is 2. The number of nitrogens with one attached hydrogen (secondary N) is 1. The van der Waals surface area contributed by atoms with Crippen LogP contribution in [0.2, 0.25) is 0 Å². The topological polar surface area (TPSA) is 72.2 Å². The maximum Gasteiger partial charge on any atom is 0.256 e. The van der Waals surface area contributed by atoms with Crippen molar-refractivity contribution >= 4 is 29.3 Å². The molecule has 0 aliphatic rings. The lowest BCUT2D eigenvalue weighted by atomic mass is 10.2. The summed E-state index contributed by atoms with van der Waals surface area (Å²) in [6.45, 7) is 0. The summed E-state index contributed by atoms with van der Waals surface area (Å²) in [5, 5.41) is 2.37. The standard InChI is InChI=1S/C15H12F2N2O2S/c16-9-5-6-12(11(17)7-9)19-15(21)10-3-1-2-4-13(10)22-8-14(18)20/h1-7H,8H2,(H2,18,20)(H,19,21). The Morgan fingerprint density at radius 3 is 2.55 bits per heavy atom. The molecular weight excluding hydrogens is 310 g/mol. The zero-order chi connectivity index (χ0) is 16.1. The van der Waals surface area contributed by atoms with E-state index < -0.39 is 23.4 Å². The highest BCUT2D eigenvalue weighted by molar-refractivity contribution is 8.00. The van der Waals surface area contributed by atoms with Crippen molar-refractivity contribution in [3.05, 3.63) is 59.7 Å². The van der Waals surface area contributed by atoms with Crippen LogP contribution in [0.5, 0.6) is 0 Å². The van der Waals surface area contributed by atoms with E-state index in [4.69, 9.17) is 5.73 Å². The van der Waals surface area contributed by atoms with E-state index in [-0.39, 0.29) is 17.0 Å². The molecule has 0 atom stereocenters. The summed E-state index contributed by atoms with van der Waals surface area (Å²) in [4.78, 5) is 23.6. The van der Waals surface area contributed by atoms with Gasteiger partial charge in [0.2, 0.25) is 5.91 Å². The Morgan fingerprint density at radius 1 is 1.14 bits per heavy atom. The molecule has 0 saturated carbocycles. The molecule has 2 rings (SSSR count). The van der Waals surface area contributed by atoms with Gasteiger partial charge < -0.3 is 11.1 Å². The van der Waals surface area contributed by atoms with Crippen molar-refractivity contribution in [3.8, 4) is 0 Å². The number of hydrogen-bond donors (Lipinski definition) is 2. The maximum atomic E-state index is 13.6. The van der Waals surface area contributed by atoms with Crippen molar-refractivity contribution in [2.45, 2.75) is 4.90 Å². The molecule has 0 aliphatic carbocycles. The van der Waals surface area contributed by atoms with E-state index in [1.54, 1.807) is 24.3 Å². The van der Waals surface area contributed by atoms with Crippen LogP contribution in [0.3, 0.4) is 0 Å². The van der Waals surface area contributed by atoms with Crippen LogP contribution in [0.15, 0.2) is 47.4 Å². The van der Waals surface area contributed by atoms with Gasteiger partial charge in [0, 0.05) is 11.0 Å². The van der Waals surface area contributed by atoms with Crippen LogP contribution in [0, 0.1) is 11.6 Å². The first-order valence-electron chi connectivity index (χ1n) is 6.24. The molecule has 0 aliphatic heterocycles. The number of hydrogen-bond acceptors (Lipinski definition) is 3. The number of thioether (sulfide) groups is 1. The SMILES string of the molecule is NC(=O)CSc1ccccc1C(=O)Nc1ccc(F)cc1F. The molecule has 2 aromatic rings. The van der Waals surface area contributed by atoms with E-state index in [0.717, 1.165) is 23.9 Å². The molecule has 2 amide bonds. The first kappa shape index (κ1) is 16.0. The monoisotopic (exact) mass is 322 g/mol. The highest BCUT2D eigenvalue weighted by Crippen LogP contribution is 2.24. The van der Waals surface area contributed by atoms with Crippen LogP contribution in [0.1, 0.15) is 10.4 Å². The first-order valence-corrected chi connectivity index (χ1v) is 7.22. The van der Waals surface area contributed by atoms with Crippen LogP contribution in [-0.2, 0) is 4.79 Å². The van der Waals surface area contributed by atoms with Gasteiger partial charge in [0.05, 0.1) is 17.0 Å². The summed E-state index contributed by atoms with van der Waals surface area (Å²) in [5.41, 5.74) is 5.23. The molecule has 22 heavy (non-hydrogen) atoms. The number of carbonyl (C=O) groups excluding carboxylic acids is 2.